The van der Waals surface area contributed by atoms with Gasteiger partial charge in [-0.3, -0.25) is 4.21 Å². The van der Waals surface area contributed by atoms with E-state index < -0.39 is 22.6 Å². The third kappa shape index (κ3) is 5.20. The van der Waals surface area contributed by atoms with Crippen LogP contribution < -0.4 is 15.1 Å². The largest absolute Gasteiger partial charge is 0.390 e. The molecule has 0 unspecified atom stereocenters. The molecule has 8 nitrogen and oxygen atoms in total. The molecule has 0 aliphatic carbocycles. The Balaban J connectivity index is 1.41. The first-order valence-corrected chi connectivity index (χ1v) is 15.0. The van der Waals surface area contributed by atoms with Gasteiger partial charge in [0.1, 0.15) is 11.6 Å². The Morgan fingerprint density at radius 1 is 1.24 bits per heavy atom. The number of anilines is 4. The van der Waals surface area contributed by atoms with Crippen LogP contribution in [0.25, 0.3) is 10.8 Å². The topological polar surface area (TPSA) is 94.5 Å². The number of alkyl halides is 1. The van der Waals surface area contributed by atoms with Crippen LogP contribution >= 0.6 is 0 Å². The first kappa shape index (κ1) is 26.7. The Morgan fingerprint density at radius 2 is 2.03 bits per heavy atom. The maximum Gasteiger partial charge on any atom is 0.227 e. The summed E-state index contributed by atoms with van der Waals surface area (Å²) in [6.07, 6.45) is 4.68. The summed E-state index contributed by atoms with van der Waals surface area (Å²) in [7, 11) is -0.795. The van der Waals surface area contributed by atoms with Crippen LogP contribution in [0, 0.1) is 5.92 Å². The van der Waals surface area contributed by atoms with Crippen molar-refractivity contribution in [1.82, 2.24) is 15.0 Å². The van der Waals surface area contributed by atoms with Gasteiger partial charge in [-0.2, -0.15) is 4.98 Å². The van der Waals surface area contributed by atoms with Gasteiger partial charge in [-0.1, -0.05) is 19.9 Å². The van der Waals surface area contributed by atoms with Crippen LogP contribution in [0.3, 0.4) is 0 Å². The monoisotopic (exact) mass is 540 g/mol. The highest BCUT2D eigenvalue weighted by molar-refractivity contribution is 7.84. The van der Waals surface area contributed by atoms with Crippen molar-refractivity contribution in [3.63, 3.8) is 0 Å². The van der Waals surface area contributed by atoms with E-state index in [0.29, 0.717) is 48.4 Å². The lowest BCUT2D eigenvalue weighted by Gasteiger charge is -2.48. The van der Waals surface area contributed by atoms with Crippen molar-refractivity contribution < 1.29 is 13.7 Å². The maximum atomic E-state index is 14.7. The van der Waals surface area contributed by atoms with E-state index in [1.54, 1.807) is 23.4 Å². The predicted octanol–water partition coefficient (Wildman–Crippen LogP) is 4.39. The fourth-order valence-corrected chi connectivity index (χ4v) is 6.56. The Kier molecular flexibility index (Phi) is 7.30. The number of rotatable bonds is 7. The number of aliphatic hydroxyl groups is 1. The zero-order valence-electron chi connectivity index (χ0n) is 22.7. The average Bonchev–Trinajstić information content (AvgIpc) is 2.87. The summed E-state index contributed by atoms with van der Waals surface area (Å²) in [5.74, 6) is 3.16. The number of aromatic nitrogens is 3. The quantitative estimate of drug-likeness (QED) is 0.456. The summed E-state index contributed by atoms with van der Waals surface area (Å²) in [6, 6.07) is 8.54. The molecule has 2 N–H and O–H groups in total. The summed E-state index contributed by atoms with van der Waals surface area (Å²) in [4.78, 5) is 17.8. The number of hydrogen-bond acceptors (Lipinski definition) is 8. The molecule has 0 radical (unpaired) electrons. The minimum Gasteiger partial charge on any atom is -0.390 e. The first-order valence-electron chi connectivity index (χ1n) is 13.2. The van der Waals surface area contributed by atoms with Crippen LogP contribution in [-0.4, -0.2) is 73.7 Å². The highest BCUT2D eigenvalue weighted by Crippen LogP contribution is 2.39. The van der Waals surface area contributed by atoms with Crippen LogP contribution in [0.2, 0.25) is 0 Å². The van der Waals surface area contributed by atoms with Crippen molar-refractivity contribution in [2.24, 2.45) is 5.92 Å². The van der Waals surface area contributed by atoms with Crippen LogP contribution in [0.15, 0.2) is 36.7 Å². The van der Waals surface area contributed by atoms with E-state index in [9.17, 15) is 13.7 Å². The van der Waals surface area contributed by atoms with E-state index in [1.807, 2.05) is 6.20 Å². The number of hydrogen-bond donors (Lipinski definition) is 2. The molecule has 2 saturated heterocycles. The molecule has 4 heterocycles. The lowest BCUT2D eigenvalue weighted by atomic mass is 9.88. The Hall–Kier alpha value is -2.85. The third-order valence-electron chi connectivity index (χ3n) is 7.95. The van der Waals surface area contributed by atoms with Gasteiger partial charge >= 0.3 is 0 Å². The van der Waals surface area contributed by atoms with Crippen molar-refractivity contribution in [3.05, 3.63) is 42.2 Å². The number of fused-ring (bicyclic) bond motifs is 1. The Bertz CT molecular complexity index is 1350. The highest BCUT2D eigenvalue weighted by Gasteiger charge is 2.40. The molecule has 1 aromatic carbocycles. The molecule has 10 heteroatoms. The van der Waals surface area contributed by atoms with Gasteiger partial charge in [0.15, 0.2) is 5.67 Å². The van der Waals surface area contributed by atoms with Crippen molar-refractivity contribution in [2.75, 3.05) is 46.8 Å². The van der Waals surface area contributed by atoms with Gasteiger partial charge in [0.25, 0.3) is 0 Å². The van der Waals surface area contributed by atoms with Gasteiger partial charge in [0.2, 0.25) is 5.95 Å². The first-order chi connectivity index (χ1) is 18.0. The van der Waals surface area contributed by atoms with Crippen molar-refractivity contribution in [3.8, 4) is 0 Å². The van der Waals surface area contributed by atoms with Crippen LogP contribution in [0.4, 0.5) is 27.7 Å². The molecule has 2 aliphatic rings. The smallest absolute Gasteiger partial charge is 0.227 e. The predicted molar refractivity (Wildman–Crippen MR) is 153 cm³/mol. The van der Waals surface area contributed by atoms with E-state index in [1.165, 1.54) is 12.5 Å². The second-order valence-electron chi connectivity index (χ2n) is 11.2. The normalized spacial score (nSPS) is 26.5. The Labute approximate surface area is 226 Å². The summed E-state index contributed by atoms with van der Waals surface area (Å²) in [6.45, 7) is 9.41. The number of piperidine rings is 1. The summed E-state index contributed by atoms with van der Waals surface area (Å²) in [5, 5.41) is 15.5. The number of nitrogens with zero attached hydrogens (tertiary/aromatic N) is 5. The molecule has 2 fully saturated rings. The third-order valence-corrected chi connectivity index (χ3v) is 8.84. The fourth-order valence-electron chi connectivity index (χ4n) is 5.58. The molecule has 0 bridgehead atoms. The van der Waals surface area contributed by atoms with Crippen molar-refractivity contribution >= 4 is 44.8 Å². The highest BCUT2D eigenvalue weighted by atomic mass is 32.2. The number of aliphatic hydroxyl groups excluding tert-OH is 1. The molecule has 2 aromatic heterocycles. The van der Waals surface area contributed by atoms with E-state index in [2.05, 4.69) is 59.2 Å². The standard InChI is InChI=1S/C28H37FN6O2S/c1-17(2)20-6-7-23(35-14-19(18(35)3)15-38(5)37)22-13-31-26(12-21(20)22)32-25-8-10-30-27(33-25)34-11-9-24(36)28(4,29)16-34/h6-8,10,12-13,17-19,24,36H,9,11,14-16H2,1-5H3,(H,30,31,32,33)/t18-,19-,24+,28-,38-/m1/s1. The van der Waals surface area contributed by atoms with E-state index in [-0.39, 0.29) is 6.54 Å². The molecule has 2 aliphatic heterocycles. The zero-order valence-corrected chi connectivity index (χ0v) is 23.5. The van der Waals surface area contributed by atoms with Crippen LogP contribution in [-0.2, 0) is 10.8 Å². The summed E-state index contributed by atoms with van der Waals surface area (Å²) < 4.78 is 26.5. The molecule has 204 valence electrons. The molecular formula is C28H37FN6O2S. The lowest BCUT2D eigenvalue weighted by molar-refractivity contribution is -0.00860. The van der Waals surface area contributed by atoms with E-state index in [0.717, 1.165) is 28.8 Å². The molecule has 38 heavy (non-hydrogen) atoms. The second-order valence-corrected chi connectivity index (χ2v) is 12.7. The minimum atomic E-state index is -1.71. The van der Waals surface area contributed by atoms with Gasteiger partial charge in [-0.15, -0.1) is 0 Å². The zero-order chi connectivity index (χ0) is 27.2. The minimum absolute atomic E-state index is 0.0380. The molecule has 5 rings (SSSR count). The lowest BCUT2D eigenvalue weighted by Crippen LogP contribution is -2.56. The SMILES string of the molecule is CC(C)c1ccc(N2C[C@H](C[S@@](C)=O)[C@H]2C)c2cnc(Nc3ccnc(N4CC[C@H](O)[C@](C)(F)C4)n3)cc12. The molecule has 0 amide bonds. The van der Waals surface area contributed by atoms with Crippen LogP contribution in [0.1, 0.15) is 45.6 Å². The van der Waals surface area contributed by atoms with Crippen molar-refractivity contribution in [2.45, 2.75) is 57.8 Å². The molecule has 5 atom stereocenters. The average molecular weight is 541 g/mol. The van der Waals surface area contributed by atoms with Crippen molar-refractivity contribution in [1.29, 1.82) is 0 Å². The Morgan fingerprint density at radius 3 is 2.71 bits per heavy atom. The van der Waals surface area contributed by atoms with Gasteiger partial charge < -0.3 is 20.2 Å². The number of pyridine rings is 1. The van der Waals surface area contributed by atoms with E-state index >= 15 is 0 Å². The maximum absolute atomic E-state index is 14.7. The number of benzene rings is 1. The second kappa shape index (κ2) is 10.4. The van der Waals surface area contributed by atoms with Crippen LogP contribution in [0.5, 0.6) is 0 Å². The van der Waals surface area contributed by atoms with E-state index in [4.69, 9.17) is 4.98 Å². The van der Waals surface area contributed by atoms with Gasteiger partial charge in [-0.25, -0.2) is 14.4 Å². The molecule has 3 aromatic rings. The molecular weight excluding hydrogens is 503 g/mol. The van der Waals surface area contributed by atoms with Gasteiger partial charge in [0.05, 0.1) is 12.6 Å². The fraction of sp³-hybridized carbons (Fsp3) is 0.536. The number of nitrogens with one attached hydrogen (secondary N) is 1. The number of halogens is 1. The van der Waals surface area contributed by atoms with Gasteiger partial charge in [0, 0.05) is 71.3 Å². The van der Waals surface area contributed by atoms with Gasteiger partial charge in [-0.05, 0) is 55.3 Å². The molecule has 0 spiro atoms. The summed E-state index contributed by atoms with van der Waals surface area (Å²) >= 11 is 0. The summed E-state index contributed by atoms with van der Waals surface area (Å²) in [5.41, 5.74) is 0.684. The molecule has 0 saturated carbocycles.